The number of hydrogen-bond acceptors (Lipinski definition) is 3. The molecule has 16 heavy (non-hydrogen) atoms. The average molecular weight is 219 g/mol. The van der Waals surface area contributed by atoms with E-state index in [9.17, 15) is 9.59 Å². The van der Waals surface area contributed by atoms with E-state index >= 15 is 0 Å². The van der Waals surface area contributed by atoms with E-state index in [0.29, 0.717) is 0 Å². The number of carbonyl (C=O) groups is 2. The third-order valence-electron chi connectivity index (χ3n) is 2.12. The van der Waals surface area contributed by atoms with E-state index in [1.807, 2.05) is 30.3 Å². The molecule has 0 saturated carbocycles. The number of hydrogen-bond donors (Lipinski definition) is 2. The average Bonchev–Trinajstić information content (AvgIpc) is 2.28. The lowest BCUT2D eigenvalue weighted by molar-refractivity contribution is -0.144. The van der Waals surface area contributed by atoms with Gasteiger partial charge >= 0.3 is 5.97 Å². The molecular weight excluding hydrogens is 206 g/mol. The maximum absolute atomic E-state index is 11.4. The van der Waals surface area contributed by atoms with Crippen LogP contribution in [0.1, 0.15) is 5.56 Å². The van der Waals surface area contributed by atoms with Crippen LogP contribution in [0, 0.1) is 5.92 Å². The molecule has 0 fully saturated rings. The molecule has 0 bridgehead atoms. The highest BCUT2D eigenvalue weighted by Gasteiger charge is 2.21. The van der Waals surface area contributed by atoms with Crippen molar-refractivity contribution in [2.24, 2.45) is 11.7 Å². The summed E-state index contributed by atoms with van der Waals surface area (Å²) in [5, 5.41) is 8.71. The smallest absolute Gasteiger partial charge is 0.315 e. The van der Waals surface area contributed by atoms with Gasteiger partial charge in [0.1, 0.15) is 5.92 Å². The number of ketones is 1. The van der Waals surface area contributed by atoms with E-state index in [4.69, 9.17) is 10.8 Å². The maximum Gasteiger partial charge on any atom is 0.315 e. The first-order valence-corrected chi connectivity index (χ1v) is 4.85. The Kier molecular flexibility index (Phi) is 4.42. The number of rotatable bonds is 5. The van der Waals surface area contributed by atoms with Crippen molar-refractivity contribution in [3.63, 3.8) is 0 Å². The molecule has 1 rings (SSSR count). The van der Waals surface area contributed by atoms with E-state index < -0.39 is 17.7 Å². The normalized spacial score (nSPS) is 12.6. The zero-order valence-corrected chi connectivity index (χ0v) is 8.67. The molecule has 1 unspecified atom stereocenters. The van der Waals surface area contributed by atoms with Gasteiger partial charge in [0.15, 0.2) is 5.78 Å². The second-order valence-corrected chi connectivity index (χ2v) is 3.27. The van der Waals surface area contributed by atoms with Crippen molar-refractivity contribution >= 4 is 17.8 Å². The van der Waals surface area contributed by atoms with Crippen molar-refractivity contribution in [1.29, 1.82) is 0 Å². The Morgan fingerprint density at radius 2 is 1.94 bits per heavy atom. The van der Waals surface area contributed by atoms with Crippen molar-refractivity contribution in [3.8, 4) is 0 Å². The number of aliphatic carboxylic acids is 1. The van der Waals surface area contributed by atoms with Gasteiger partial charge in [0, 0.05) is 6.54 Å². The highest BCUT2D eigenvalue weighted by Crippen LogP contribution is 2.04. The summed E-state index contributed by atoms with van der Waals surface area (Å²) in [6.45, 7) is -0.187. The number of carbonyl (C=O) groups excluding carboxylic acids is 1. The third-order valence-corrected chi connectivity index (χ3v) is 2.12. The molecule has 0 aliphatic heterocycles. The van der Waals surface area contributed by atoms with Gasteiger partial charge in [0.25, 0.3) is 0 Å². The molecule has 84 valence electrons. The molecule has 4 heteroatoms. The van der Waals surface area contributed by atoms with Crippen LogP contribution in [-0.2, 0) is 9.59 Å². The molecule has 0 heterocycles. The minimum absolute atomic E-state index is 0.187. The van der Waals surface area contributed by atoms with Crippen molar-refractivity contribution in [2.75, 3.05) is 6.54 Å². The summed E-state index contributed by atoms with van der Waals surface area (Å²) < 4.78 is 0. The summed E-state index contributed by atoms with van der Waals surface area (Å²) in [6.07, 6.45) is 2.83. The number of carboxylic acid groups (broad SMARTS) is 1. The monoisotopic (exact) mass is 219 g/mol. The lowest BCUT2D eigenvalue weighted by Gasteiger charge is -2.03. The van der Waals surface area contributed by atoms with E-state index in [1.165, 1.54) is 6.08 Å². The predicted octanol–water partition coefficient (Wildman–Crippen LogP) is 0.928. The standard InChI is InChI=1S/C12H13NO3/c13-8-10(12(15)16)11(14)7-6-9-4-2-1-3-5-9/h1-7,10H,8,13H2,(H,15,16). The Morgan fingerprint density at radius 3 is 2.44 bits per heavy atom. The van der Waals surface area contributed by atoms with Crippen LogP contribution in [0.3, 0.4) is 0 Å². The summed E-state index contributed by atoms with van der Waals surface area (Å²) >= 11 is 0. The van der Waals surface area contributed by atoms with Crippen LogP contribution in [0.2, 0.25) is 0 Å². The van der Waals surface area contributed by atoms with E-state index in [-0.39, 0.29) is 6.54 Å². The molecule has 1 aromatic carbocycles. The highest BCUT2D eigenvalue weighted by atomic mass is 16.4. The SMILES string of the molecule is NCC(C(=O)O)C(=O)C=Cc1ccccc1. The van der Waals surface area contributed by atoms with Crippen LogP contribution in [-0.4, -0.2) is 23.4 Å². The highest BCUT2D eigenvalue weighted by molar-refractivity contribution is 6.06. The van der Waals surface area contributed by atoms with E-state index in [1.54, 1.807) is 6.08 Å². The third kappa shape index (κ3) is 3.33. The van der Waals surface area contributed by atoms with Gasteiger partial charge in [-0.2, -0.15) is 0 Å². The molecule has 0 spiro atoms. The van der Waals surface area contributed by atoms with Crippen LogP contribution in [0.5, 0.6) is 0 Å². The first kappa shape index (κ1) is 12.1. The van der Waals surface area contributed by atoms with Gasteiger partial charge in [-0.1, -0.05) is 36.4 Å². The van der Waals surface area contributed by atoms with Crippen LogP contribution >= 0.6 is 0 Å². The summed E-state index contributed by atoms with van der Waals surface area (Å²) in [7, 11) is 0. The molecule has 3 N–H and O–H groups in total. The Hall–Kier alpha value is -1.94. The minimum atomic E-state index is -1.19. The van der Waals surface area contributed by atoms with Gasteiger partial charge in [0.05, 0.1) is 0 Å². The molecule has 0 aromatic heterocycles. The van der Waals surface area contributed by atoms with Gasteiger partial charge in [-0.25, -0.2) is 0 Å². The first-order chi connectivity index (χ1) is 7.65. The van der Waals surface area contributed by atoms with Gasteiger partial charge in [-0.05, 0) is 11.6 Å². The molecule has 1 aromatic rings. The Morgan fingerprint density at radius 1 is 1.31 bits per heavy atom. The van der Waals surface area contributed by atoms with Gasteiger partial charge in [-0.3, -0.25) is 9.59 Å². The van der Waals surface area contributed by atoms with Gasteiger partial charge < -0.3 is 10.8 Å². The quantitative estimate of drug-likeness (QED) is 0.570. The molecule has 0 radical (unpaired) electrons. The summed E-state index contributed by atoms with van der Waals surface area (Å²) in [6, 6.07) is 9.17. The zero-order valence-electron chi connectivity index (χ0n) is 8.67. The Bertz CT molecular complexity index is 398. The summed E-state index contributed by atoms with van der Waals surface area (Å²) in [4.78, 5) is 22.1. The largest absolute Gasteiger partial charge is 0.481 e. The Balaban J connectivity index is 2.71. The lowest BCUT2D eigenvalue weighted by Crippen LogP contribution is -2.29. The predicted molar refractivity (Wildman–Crippen MR) is 60.7 cm³/mol. The van der Waals surface area contributed by atoms with Crippen LogP contribution in [0.4, 0.5) is 0 Å². The zero-order chi connectivity index (χ0) is 12.0. The summed E-state index contributed by atoms with van der Waals surface area (Å²) in [5.74, 6) is -2.83. The van der Waals surface area contributed by atoms with E-state index in [2.05, 4.69) is 0 Å². The molecule has 0 amide bonds. The number of carboxylic acids is 1. The van der Waals surface area contributed by atoms with Crippen molar-refractivity contribution in [1.82, 2.24) is 0 Å². The first-order valence-electron chi connectivity index (χ1n) is 4.85. The fraction of sp³-hybridized carbons (Fsp3) is 0.167. The molecule has 0 saturated heterocycles. The fourth-order valence-electron chi connectivity index (χ4n) is 1.20. The molecule has 4 nitrogen and oxygen atoms in total. The second-order valence-electron chi connectivity index (χ2n) is 3.27. The van der Waals surface area contributed by atoms with Crippen molar-refractivity contribution < 1.29 is 14.7 Å². The summed E-state index contributed by atoms with van der Waals surface area (Å²) in [5.41, 5.74) is 6.05. The van der Waals surface area contributed by atoms with Gasteiger partial charge in [-0.15, -0.1) is 0 Å². The van der Waals surface area contributed by atoms with Crippen LogP contribution in [0.25, 0.3) is 6.08 Å². The molecular formula is C12H13NO3. The number of benzene rings is 1. The van der Waals surface area contributed by atoms with E-state index in [0.717, 1.165) is 5.56 Å². The second kappa shape index (κ2) is 5.82. The number of allylic oxidation sites excluding steroid dienone is 1. The fourth-order valence-corrected chi connectivity index (χ4v) is 1.20. The van der Waals surface area contributed by atoms with Gasteiger partial charge in [0.2, 0.25) is 0 Å². The molecule has 0 aliphatic rings. The number of nitrogens with two attached hydrogens (primary N) is 1. The maximum atomic E-state index is 11.4. The van der Waals surface area contributed by atoms with Crippen LogP contribution < -0.4 is 5.73 Å². The van der Waals surface area contributed by atoms with Crippen molar-refractivity contribution in [3.05, 3.63) is 42.0 Å². The topological polar surface area (TPSA) is 80.4 Å². The minimum Gasteiger partial charge on any atom is -0.481 e. The Labute approximate surface area is 93.4 Å². The van der Waals surface area contributed by atoms with Crippen molar-refractivity contribution in [2.45, 2.75) is 0 Å². The van der Waals surface area contributed by atoms with Crippen LogP contribution in [0.15, 0.2) is 36.4 Å². The molecule has 0 aliphatic carbocycles. The lowest BCUT2D eigenvalue weighted by atomic mass is 10.0. The molecule has 1 atom stereocenters.